The summed E-state index contributed by atoms with van der Waals surface area (Å²) in [7, 11) is 0. The van der Waals surface area contributed by atoms with Gasteiger partial charge in [-0.1, -0.05) is 12.1 Å². The number of nitrogens with one attached hydrogen (secondary N) is 2. The first-order chi connectivity index (χ1) is 17.2. The summed E-state index contributed by atoms with van der Waals surface area (Å²) in [5, 5.41) is 8.96. The maximum absolute atomic E-state index is 13.2. The summed E-state index contributed by atoms with van der Waals surface area (Å²) in [5.74, 6) is 1.08. The Hall–Kier alpha value is -1.33. The van der Waals surface area contributed by atoms with Gasteiger partial charge in [0.1, 0.15) is 5.82 Å². The van der Waals surface area contributed by atoms with Gasteiger partial charge in [0, 0.05) is 29.3 Å². The first-order valence-corrected chi connectivity index (χ1v) is 12.8. The van der Waals surface area contributed by atoms with Gasteiger partial charge in [-0.15, -0.1) is 74.4 Å². The number of carbonyl (C=O) groups is 1. The van der Waals surface area contributed by atoms with Gasteiger partial charge in [0.15, 0.2) is 5.82 Å². The number of nitrogens with zero attached hydrogens (tertiary/aromatic N) is 3. The molecule has 1 aliphatic rings. The van der Waals surface area contributed by atoms with Crippen LogP contribution in [0, 0.1) is 0 Å². The molecule has 0 saturated carbocycles. The summed E-state index contributed by atoms with van der Waals surface area (Å²) < 4.78 is 0. The van der Waals surface area contributed by atoms with Crippen LogP contribution < -0.4 is 27.0 Å². The second kappa shape index (κ2) is 23.2. The monoisotopic (exact) mass is 691 g/mol. The van der Waals surface area contributed by atoms with E-state index in [1.807, 2.05) is 35.2 Å². The van der Waals surface area contributed by atoms with Crippen molar-refractivity contribution >= 4 is 103 Å². The lowest BCUT2D eigenvalue weighted by Crippen LogP contribution is -2.28. The van der Waals surface area contributed by atoms with Gasteiger partial charge in [0.25, 0.3) is 5.91 Å². The number of nitrogens with two attached hydrogens (primary N) is 2. The maximum atomic E-state index is 13.2. The van der Waals surface area contributed by atoms with E-state index in [1.54, 1.807) is 12.3 Å². The lowest BCUT2D eigenvalue weighted by molar-refractivity contribution is 0.0992. The normalized spacial score (nSPS) is 10.9. The van der Waals surface area contributed by atoms with Crippen LogP contribution in [-0.4, -0.2) is 55.1 Å². The third-order valence-corrected chi connectivity index (χ3v) is 6.45. The molecule has 0 radical (unpaired) electrons. The van der Waals surface area contributed by atoms with E-state index in [4.69, 9.17) is 11.5 Å². The molecule has 1 aromatic heterocycles. The van der Waals surface area contributed by atoms with E-state index in [9.17, 15) is 4.79 Å². The predicted octanol–water partition coefficient (Wildman–Crippen LogP) is 5.85. The highest BCUT2D eigenvalue weighted by Gasteiger charge is 2.30. The van der Waals surface area contributed by atoms with Crippen molar-refractivity contribution in [1.29, 1.82) is 0 Å². The van der Waals surface area contributed by atoms with Crippen molar-refractivity contribution in [2.24, 2.45) is 5.73 Å². The molecule has 14 heteroatoms. The number of hydrogen-bond acceptors (Lipinski definition) is 7. The number of benzene rings is 2. The number of hydrogen-bond donors (Lipinski definition) is 4. The quantitative estimate of drug-likeness (QED) is 0.147. The number of carbonyl (C=O) groups excluding carboxylic acids is 1. The second-order valence-corrected chi connectivity index (χ2v) is 9.03. The molecule has 3 aromatic rings. The highest BCUT2D eigenvalue weighted by Crippen LogP contribution is 2.41. The maximum Gasteiger partial charge on any atom is 0.258 e. The molecule has 0 unspecified atom stereocenters. The third-order valence-electron chi connectivity index (χ3n) is 6.45. The van der Waals surface area contributed by atoms with Crippen LogP contribution in [0.1, 0.15) is 48.9 Å². The first kappa shape index (κ1) is 44.1. The number of rotatable bonds is 15. The molecule has 0 spiro atoms. The zero-order valence-electron chi connectivity index (χ0n) is 22.9. The van der Waals surface area contributed by atoms with E-state index < -0.39 is 0 Å². The van der Waals surface area contributed by atoms with Gasteiger partial charge in [-0.25, -0.2) is 9.97 Å². The first-order valence-electron chi connectivity index (χ1n) is 12.8. The Morgan fingerprint density at radius 2 is 1.34 bits per heavy atom. The highest BCUT2D eigenvalue weighted by atomic mass is 35.5. The van der Waals surface area contributed by atoms with Crippen molar-refractivity contribution in [1.82, 2.24) is 20.6 Å². The summed E-state index contributed by atoms with van der Waals surface area (Å²) in [6.45, 7) is 5.63. The summed E-state index contributed by atoms with van der Waals surface area (Å²) in [6.07, 6.45) is 8.26. The number of amides is 1. The van der Waals surface area contributed by atoms with Crippen molar-refractivity contribution in [2.75, 3.05) is 49.9 Å². The number of aromatic nitrogens is 2. The molecule has 0 aliphatic carbocycles. The van der Waals surface area contributed by atoms with Gasteiger partial charge in [-0.3, -0.25) is 4.79 Å². The average Bonchev–Trinajstić information content (AvgIpc) is 3.14. The van der Waals surface area contributed by atoms with Gasteiger partial charge < -0.3 is 27.0 Å². The molecule has 0 bridgehead atoms. The van der Waals surface area contributed by atoms with Crippen molar-refractivity contribution in [3.8, 4) is 11.4 Å². The molecule has 0 fully saturated rings. The topological polar surface area (TPSA) is 122 Å². The van der Waals surface area contributed by atoms with Crippen LogP contribution in [0.2, 0.25) is 0 Å². The molecule has 2 aromatic carbocycles. The molecule has 2 heterocycles. The SMILES string of the molecule is Cl.Cl.Cl.Cl.Cl.Cl.NCCCCNCCCCNCCCCN1C(=O)c2cccc3c(-c4nccc(N)n4)ccc1c23. The average molecular weight is 694 g/mol. The Morgan fingerprint density at radius 1 is 0.732 bits per heavy atom. The van der Waals surface area contributed by atoms with Crippen LogP contribution in [0.5, 0.6) is 0 Å². The van der Waals surface area contributed by atoms with Crippen LogP contribution in [0.15, 0.2) is 42.6 Å². The molecule has 1 amide bonds. The van der Waals surface area contributed by atoms with E-state index in [0.717, 1.165) is 86.0 Å². The molecule has 41 heavy (non-hydrogen) atoms. The molecule has 8 nitrogen and oxygen atoms in total. The zero-order chi connectivity index (χ0) is 24.5. The van der Waals surface area contributed by atoms with E-state index >= 15 is 0 Å². The van der Waals surface area contributed by atoms with E-state index in [1.165, 1.54) is 12.8 Å². The van der Waals surface area contributed by atoms with Crippen LogP contribution in [-0.2, 0) is 0 Å². The van der Waals surface area contributed by atoms with E-state index in [0.29, 0.717) is 18.2 Å². The molecule has 6 N–H and O–H groups in total. The fraction of sp³-hybridized carbons (Fsp3) is 0.444. The molecular formula is C27H43Cl6N7O. The predicted molar refractivity (Wildman–Crippen MR) is 187 cm³/mol. The Morgan fingerprint density at radius 3 is 1.95 bits per heavy atom. The van der Waals surface area contributed by atoms with Gasteiger partial charge >= 0.3 is 0 Å². The molecule has 1 aliphatic heterocycles. The number of halogens is 6. The largest absolute Gasteiger partial charge is 0.384 e. The van der Waals surface area contributed by atoms with Crippen molar-refractivity contribution in [3.05, 3.63) is 48.2 Å². The minimum atomic E-state index is 0. The third kappa shape index (κ3) is 11.7. The molecule has 0 atom stereocenters. The molecule has 234 valence electrons. The summed E-state index contributed by atoms with van der Waals surface area (Å²) in [5.41, 5.74) is 14.0. The second-order valence-electron chi connectivity index (χ2n) is 9.03. The Balaban J connectivity index is -0.00000241. The van der Waals surface area contributed by atoms with Gasteiger partial charge in [0.05, 0.1) is 5.69 Å². The molecule has 4 rings (SSSR count). The molecular weight excluding hydrogens is 651 g/mol. The summed E-state index contributed by atoms with van der Waals surface area (Å²) in [6, 6.07) is 11.6. The lowest BCUT2D eigenvalue weighted by atomic mass is 10.00. The minimum Gasteiger partial charge on any atom is -0.384 e. The summed E-state index contributed by atoms with van der Waals surface area (Å²) >= 11 is 0. The smallest absolute Gasteiger partial charge is 0.258 e. The van der Waals surface area contributed by atoms with E-state index in [2.05, 4.69) is 20.6 Å². The lowest BCUT2D eigenvalue weighted by Gasteiger charge is -2.18. The Bertz CT molecular complexity index is 1160. The van der Waals surface area contributed by atoms with Crippen molar-refractivity contribution in [3.63, 3.8) is 0 Å². The van der Waals surface area contributed by atoms with Crippen LogP contribution in [0.3, 0.4) is 0 Å². The molecule has 0 saturated heterocycles. The van der Waals surface area contributed by atoms with Gasteiger partial charge in [-0.05, 0) is 101 Å². The number of unbranched alkanes of at least 4 members (excludes halogenated alkanes) is 3. The zero-order valence-corrected chi connectivity index (χ0v) is 27.8. The van der Waals surface area contributed by atoms with Gasteiger partial charge in [0.2, 0.25) is 0 Å². The number of anilines is 2. The Kier molecular flexibility index (Phi) is 24.9. The standard InChI is InChI=1S/C27H37N7O.6ClH/c28-13-1-2-14-30-15-3-4-16-31-17-5-6-19-34-23-11-10-21(26-32-18-12-24(29)33-26)20-8-7-9-22(25(20)23)27(34)35;;;;;;/h7-12,18,30-31H,1-6,13-17,19,28H2,(H2,29,32,33);6*1H. The highest BCUT2D eigenvalue weighted by molar-refractivity contribution is 6.26. The van der Waals surface area contributed by atoms with Crippen molar-refractivity contribution < 1.29 is 4.79 Å². The van der Waals surface area contributed by atoms with Gasteiger partial charge in [-0.2, -0.15) is 0 Å². The number of nitrogen functional groups attached to an aromatic ring is 1. The Labute approximate surface area is 280 Å². The van der Waals surface area contributed by atoms with Crippen LogP contribution in [0.25, 0.3) is 22.2 Å². The van der Waals surface area contributed by atoms with Crippen LogP contribution >= 0.6 is 74.4 Å². The minimum absolute atomic E-state index is 0. The summed E-state index contributed by atoms with van der Waals surface area (Å²) in [4.78, 5) is 23.9. The fourth-order valence-corrected chi connectivity index (χ4v) is 4.63. The fourth-order valence-electron chi connectivity index (χ4n) is 4.63. The van der Waals surface area contributed by atoms with Crippen molar-refractivity contribution in [2.45, 2.75) is 38.5 Å². The van der Waals surface area contributed by atoms with Crippen LogP contribution in [0.4, 0.5) is 11.5 Å². The van der Waals surface area contributed by atoms with E-state index in [-0.39, 0.29) is 80.3 Å².